The molecule has 1 aliphatic rings. The van der Waals surface area contributed by atoms with Crippen LogP contribution in [-0.4, -0.2) is 24.1 Å². The van der Waals surface area contributed by atoms with Gasteiger partial charge < -0.3 is 10.6 Å². The normalized spacial score (nSPS) is 23.1. The summed E-state index contributed by atoms with van der Waals surface area (Å²) in [5.74, 6) is 0. The summed E-state index contributed by atoms with van der Waals surface area (Å²) < 4.78 is 0.928. The van der Waals surface area contributed by atoms with Crippen molar-refractivity contribution in [3.8, 4) is 0 Å². The van der Waals surface area contributed by atoms with E-state index in [9.17, 15) is 0 Å². The van der Waals surface area contributed by atoms with Gasteiger partial charge in [-0.2, -0.15) is 0 Å². The van der Waals surface area contributed by atoms with Crippen LogP contribution in [0.15, 0.2) is 9.98 Å². The van der Waals surface area contributed by atoms with E-state index in [1.165, 1.54) is 19.3 Å². The Morgan fingerprint density at radius 1 is 1.50 bits per heavy atom. The molecule has 3 nitrogen and oxygen atoms in total. The first-order valence-corrected chi connectivity index (χ1v) is 6.60. The van der Waals surface area contributed by atoms with E-state index in [0.717, 1.165) is 22.8 Å². The largest absolute Gasteiger partial charge is 0.359 e. The molecule has 14 heavy (non-hydrogen) atoms. The van der Waals surface area contributed by atoms with Crippen LogP contribution >= 0.6 is 27.3 Å². The molecular formula is C9H14BrN3S. The van der Waals surface area contributed by atoms with Gasteiger partial charge in [0.25, 0.3) is 0 Å². The number of anilines is 1. The summed E-state index contributed by atoms with van der Waals surface area (Å²) in [7, 11) is 0. The van der Waals surface area contributed by atoms with E-state index in [1.54, 1.807) is 11.3 Å². The van der Waals surface area contributed by atoms with E-state index < -0.39 is 0 Å². The molecule has 1 aromatic heterocycles. The minimum atomic E-state index is 0.586. The highest BCUT2D eigenvalue weighted by molar-refractivity contribution is 9.10. The van der Waals surface area contributed by atoms with Crippen LogP contribution in [0.2, 0.25) is 0 Å². The Bertz CT molecular complexity index is 281. The lowest BCUT2D eigenvalue weighted by Gasteiger charge is -2.14. The van der Waals surface area contributed by atoms with Crippen LogP contribution in [-0.2, 0) is 0 Å². The van der Waals surface area contributed by atoms with Crippen LogP contribution in [0.25, 0.3) is 0 Å². The Labute approximate surface area is 96.4 Å². The van der Waals surface area contributed by atoms with Gasteiger partial charge in [-0.05, 0) is 48.3 Å². The second-order valence-electron chi connectivity index (χ2n) is 3.50. The van der Waals surface area contributed by atoms with Gasteiger partial charge in [0, 0.05) is 11.4 Å². The molecule has 0 bridgehead atoms. The first-order valence-electron chi connectivity index (χ1n) is 4.93. The number of nitrogens with one attached hydrogen (secondary N) is 2. The number of nitrogens with zero attached hydrogens (tertiary/aromatic N) is 1. The fourth-order valence-corrected chi connectivity index (χ4v) is 2.88. The molecule has 0 spiro atoms. The van der Waals surface area contributed by atoms with Crippen molar-refractivity contribution in [1.29, 1.82) is 0 Å². The predicted octanol–water partition coefficient (Wildman–Crippen LogP) is 2.46. The maximum atomic E-state index is 4.34. The Morgan fingerprint density at radius 2 is 2.43 bits per heavy atom. The summed E-state index contributed by atoms with van der Waals surface area (Å²) in [5.41, 5.74) is 0. The van der Waals surface area contributed by atoms with Gasteiger partial charge in [0.15, 0.2) is 5.13 Å². The van der Waals surface area contributed by atoms with Crippen LogP contribution in [0.1, 0.15) is 19.3 Å². The molecule has 0 radical (unpaired) electrons. The molecule has 1 fully saturated rings. The lowest BCUT2D eigenvalue weighted by molar-refractivity contribution is 0.637. The molecule has 0 amide bonds. The van der Waals surface area contributed by atoms with Crippen molar-refractivity contribution in [1.82, 2.24) is 10.3 Å². The van der Waals surface area contributed by atoms with Crippen LogP contribution in [0, 0.1) is 0 Å². The highest BCUT2D eigenvalue weighted by Gasteiger charge is 2.12. The van der Waals surface area contributed by atoms with Gasteiger partial charge >= 0.3 is 0 Å². The molecule has 1 saturated heterocycles. The van der Waals surface area contributed by atoms with E-state index in [2.05, 4.69) is 31.5 Å². The highest BCUT2D eigenvalue weighted by Crippen LogP contribution is 2.21. The highest BCUT2D eigenvalue weighted by atomic mass is 79.9. The third-order valence-corrected chi connectivity index (χ3v) is 3.86. The minimum Gasteiger partial charge on any atom is -0.359 e. The van der Waals surface area contributed by atoms with Gasteiger partial charge in [-0.3, -0.25) is 0 Å². The molecule has 2 rings (SSSR count). The lowest BCUT2D eigenvalue weighted by Crippen LogP contribution is -2.21. The third-order valence-electron chi connectivity index (χ3n) is 2.38. The molecule has 78 valence electrons. The van der Waals surface area contributed by atoms with Crippen LogP contribution in [0.5, 0.6) is 0 Å². The summed E-state index contributed by atoms with van der Waals surface area (Å²) in [6.45, 7) is 2.27. The molecule has 0 saturated carbocycles. The number of rotatable bonds is 2. The Hall–Kier alpha value is -0.130. The molecule has 1 aliphatic heterocycles. The maximum Gasteiger partial charge on any atom is 0.183 e. The second-order valence-corrected chi connectivity index (χ2v) is 5.17. The zero-order valence-electron chi connectivity index (χ0n) is 7.92. The zero-order valence-corrected chi connectivity index (χ0v) is 10.3. The molecule has 5 heteroatoms. The van der Waals surface area contributed by atoms with E-state index in [0.29, 0.717) is 6.04 Å². The van der Waals surface area contributed by atoms with Crippen molar-refractivity contribution in [2.24, 2.45) is 0 Å². The number of thiazole rings is 1. The quantitative estimate of drug-likeness (QED) is 0.871. The van der Waals surface area contributed by atoms with Gasteiger partial charge in [0.2, 0.25) is 0 Å². The standard InChI is InChI=1S/C9H14BrN3S/c10-8-6-14-9(13-8)12-7-2-1-4-11-5-3-7/h6-7,11H,1-5H2,(H,12,13). The van der Waals surface area contributed by atoms with E-state index in [1.807, 2.05) is 5.38 Å². The average molecular weight is 276 g/mol. The van der Waals surface area contributed by atoms with Crippen LogP contribution in [0.3, 0.4) is 0 Å². The van der Waals surface area contributed by atoms with Crippen molar-refractivity contribution < 1.29 is 0 Å². The van der Waals surface area contributed by atoms with E-state index >= 15 is 0 Å². The number of aromatic nitrogens is 1. The molecule has 0 aromatic carbocycles. The molecule has 2 heterocycles. The summed E-state index contributed by atoms with van der Waals surface area (Å²) in [5, 5.41) is 9.92. The summed E-state index contributed by atoms with van der Waals surface area (Å²) in [4.78, 5) is 4.34. The average Bonchev–Trinajstić information content (AvgIpc) is 2.43. The molecule has 0 aliphatic carbocycles. The Balaban J connectivity index is 1.89. The van der Waals surface area contributed by atoms with Crippen molar-refractivity contribution in [2.75, 3.05) is 18.4 Å². The Morgan fingerprint density at radius 3 is 3.21 bits per heavy atom. The maximum absolute atomic E-state index is 4.34. The van der Waals surface area contributed by atoms with Gasteiger partial charge in [0.05, 0.1) is 0 Å². The van der Waals surface area contributed by atoms with Crippen molar-refractivity contribution >= 4 is 32.4 Å². The van der Waals surface area contributed by atoms with Crippen LogP contribution in [0.4, 0.5) is 5.13 Å². The lowest BCUT2D eigenvalue weighted by atomic mass is 10.1. The Kier molecular flexibility index (Phi) is 3.78. The van der Waals surface area contributed by atoms with Gasteiger partial charge in [-0.1, -0.05) is 0 Å². The molecule has 1 atom stereocenters. The fourth-order valence-electron chi connectivity index (χ4n) is 1.66. The molecule has 2 N–H and O–H groups in total. The van der Waals surface area contributed by atoms with Crippen molar-refractivity contribution in [2.45, 2.75) is 25.3 Å². The van der Waals surface area contributed by atoms with Crippen molar-refractivity contribution in [3.05, 3.63) is 9.98 Å². The first-order chi connectivity index (χ1) is 6.84. The van der Waals surface area contributed by atoms with Crippen molar-refractivity contribution in [3.63, 3.8) is 0 Å². The fraction of sp³-hybridized carbons (Fsp3) is 0.667. The predicted molar refractivity (Wildman–Crippen MR) is 63.9 cm³/mol. The molecular weight excluding hydrogens is 262 g/mol. The van der Waals surface area contributed by atoms with Gasteiger partial charge in [0.1, 0.15) is 4.60 Å². The topological polar surface area (TPSA) is 37.0 Å². The number of hydrogen-bond donors (Lipinski definition) is 2. The monoisotopic (exact) mass is 275 g/mol. The summed E-state index contributed by atoms with van der Waals surface area (Å²) >= 11 is 5.02. The van der Waals surface area contributed by atoms with Gasteiger partial charge in [-0.15, -0.1) is 11.3 Å². The van der Waals surface area contributed by atoms with Crippen LogP contribution < -0.4 is 10.6 Å². The SMILES string of the molecule is Brc1csc(NC2CCCNCC2)n1. The van der Waals surface area contributed by atoms with E-state index in [-0.39, 0.29) is 0 Å². The first kappa shape index (κ1) is 10.4. The van der Waals surface area contributed by atoms with E-state index in [4.69, 9.17) is 0 Å². The number of hydrogen-bond acceptors (Lipinski definition) is 4. The smallest absolute Gasteiger partial charge is 0.183 e. The van der Waals surface area contributed by atoms with Gasteiger partial charge in [-0.25, -0.2) is 4.98 Å². The second kappa shape index (κ2) is 5.09. The molecule has 1 aromatic rings. The minimum absolute atomic E-state index is 0.586. The zero-order chi connectivity index (χ0) is 9.80. The summed E-state index contributed by atoms with van der Waals surface area (Å²) in [6.07, 6.45) is 3.69. The number of halogens is 1. The molecule has 1 unspecified atom stereocenters. The third kappa shape index (κ3) is 2.93. The summed E-state index contributed by atoms with van der Waals surface area (Å²) in [6, 6.07) is 0.586.